The highest BCUT2D eigenvalue weighted by molar-refractivity contribution is 6.30. The Bertz CT molecular complexity index is 900. The zero-order chi connectivity index (χ0) is 16.5. The molecule has 0 amide bonds. The lowest BCUT2D eigenvalue weighted by Gasteiger charge is -2.18. The van der Waals surface area contributed by atoms with Crippen LogP contribution in [0.2, 0.25) is 5.02 Å². The van der Waals surface area contributed by atoms with Crippen molar-refractivity contribution in [2.45, 2.75) is 6.54 Å². The van der Waals surface area contributed by atoms with E-state index in [1.165, 1.54) is 12.3 Å². The molecule has 6 heteroatoms. The molecular weight excluding hydrogens is 327 g/mol. The molecule has 3 heterocycles. The maximum Gasteiger partial charge on any atom is 0.151 e. The van der Waals surface area contributed by atoms with Crippen LogP contribution in [0.15, 0.2) is 55.0 Å². The quantitative estimate of drug-likeness (QED) is 0.770. The Labute approximate surface area is 143 Å². The summed E-state index contributed by atoms with van der Waals surface area (Å²) in [6.07, 6.45) is 4.71. The topological polar surface area (TPSA) is 41.1 Å². The molecule has 120 valence electrons. The molecule has 1 N–H and O–H groups in total. The number of aromatic nitrogens is 2. The van der Waals surface area contributed by atoms with Crippen molar-refractivity contribution in [3.05, 3.63) is 71.4 Å². The van der Waals surface area contributed by atoms with Crippen molar-refractivity contribution in [3.8, 4) is 11.1 Å². The maximum atomic E-state index is 13.3. The number of nitrogens with zero attached hydrogens (tertiary/aromatic N) is 3. The summed E-state index contributed by atoms with van der Waals surface area (Å²) in [7, 11) is 0. The van der Waals surface area contributed by atoms with Gasteiger partial charge < -0.3 is 10.2 Å². The number of pyridine rings is 2. The van der Waals surface area contributed by atoms with Crippen LogP contribution in [0.4, 0.5) is 15.9 Å². The maximum absolute atomic E-state index is 13.3. The normalized spacial score (nSPS) is 12.8. The van der Waals surface area contributed by atoms with Gasteiger partial charge in [0.25, 0.3) is 0 Å². The number of hydrogen-bond donors (Lipinski definition) is 1. The van der Waals surface area contributed by atoms with Gasteiger partial charge >= 0.3 is 0 Å². The lowest BCUT2D eigenvalue weighted by molar-refractivity contribution is 0.617. The third kappa shape index (κ3) is 2.90. The lowest BCUT2D eigenvalue weighted by Crippen LogP contribution is -2.22. The van der Waals surface area contributed by atoms with Crippen molar-refractivity contribution >= 4 is 23.1 Å². The molecule has 0 spiro atoms. The van der Waals surface area contributed by atoms with Gasteiger partial charge in [-0.25, -0.2) is 9.37 Å². The Kier molecular flexibility index (Phi) is 3.78. The first-order valence-electron chi connectivity index (χ1n) is 7.53. The van der Waals surface area contributed by atoms with Gasteiger partial charge in [-0.05, 0) is 35.4 Å². The predicted molar refractivity (Wildman–Crippen MR) is 93.6 cm³/mol. The highest BCUT2D eigenvalue weighted by Crippen LogP contribution is 2.34. The van der Waals surface area contributed by atoms with E-state index >= 15 is 0 Å². The molecule has 0 saturated carbocycles. The third-order valence-corrected chi connectivity index (χ3v) is 4.17. The lowest BCUT2D eigenvalue weighted by atomic mass is 10.1. The molecule has 24 heavy (non-hydrogen) atoms. The minimum Gasteiger partial charge on any atom is -0.351 e. The molecule has 0 saturated heterocycles. The number of anilines is 2. The summed E-state index contributed by atoms with van der Waals surface area (Å²) in [5, 5.41) is 3.94. The van der Waals surface area contributed by atoms with E-state index in [9.17, 15) is 4.39 Å². The molecule has 0 bridgehead atoms. The van der Waals surface area contributed by atoms with Crippen molar-refractivity contribution in [3.63, 3.8) is 0 Å². The molecular formula is C18H14ClFN4. The zero-order valence-electron chi connectivity index (χ0n) is 12.7. The third-order valence-electron chi connectivity index (χ3n) is 3.94. The first-order chi connectivity index (χ1) is 11.7. The van der Waals surface area contributed by atoms with Gasteiger partial charge in [0.1, 0.15) is 5.82 Å². The fourth-order valence-electron chi connectivity index (χ4n) is 2.82. The summed E-state index contributed by atoms with van der Waals surface area (Å²) in [6, 6.07) is 11.2. The van der Waals surface area contributed by atoms with Crippen LogP contribution < -0.4 is 10.2 Å². The van der Waals surface area contributed by atoms with E-state index in [-0.39, 0.29) is 5.82 Å². The Morgan fingerprint density at radius 1 is 1.12 bits per heavy atom. The highest BCUT2D eigenvalue weighted by atomic mass is 35.5. The fourth-order valence-corrected chi connectivity index (χ4v) is 3.01. The highest BCUT2D eigenvalue weighted by Gasteiger charge is 2.21. The Morgan fingerprint density at radius 3 is 2.88 bits per heavy atom. The second-order valence-corrected chi connectivity index (χ2v) is 6.08. The summed E-state index contributed by atoms with van der Waals surface area (Å²) in [5.74, 6) is 0.496. The summed E-state index contributed by atoms with van der Waals surface area (Å²) in [6.45, 7) is 1.18. The van der Waals surface area contributed by atoms with E-state index < -0.39 is 0 Å². The number of nitrogens with one attached hydrogen (secondary N) is 1. The largest absolute Gasteiger partial charge is 0.351 e. The second-order valence-electron chi connectivity index (χ2n) is 5.65. The van der Waals surface area contributed by atoms with Crippen LogP contribution in [-0.4, -0.2) is 16.6 Å². The number of halogens is 2. The molecule has 2 aromatic heterocycles. The van der Waals surface area contributed by atoms with Crippen LogP contribution >= 0.6 is 11.6 Å². The zero-order valence-corrected chi connectivity index (χ0v) is 13.5. The van der Waals surface area contributed by atoms with Crippen molar-refractivity contribution in [1.29, 1.82) is 0 Å². The Morgan fingerprint density at radius 2 is 2.04 bits per heavy atom. The Balaban J connectivity index is 1.66. The van der Waals surface area contributed by atoms with Crippen LogP contribution in [0.1, 0.15) is 5.56 Å². The average molecular weight is 341 g/mol. The van der Waals surface area contributed by atoms with E-state index in [4.69, 9.17) is 11.6 Å². The SMILES string of the molecule is Fc1cncc(CN2CNc3ncc(-c4cccc(Cl)c4)cc32)c1. The summed E-state index contributed by atoms with van der Waals surface area (Å²) < 4.78 is 13.3. The van der Waals surface area contributed by atoms with Gasteiger partial charge in [-0.1, -0.05) is 23.7 Å². The van der Waals surface area contributed by atoms with Crippen molar-refractivity contribution < 1.29 is 4.39 Å². The van der Waals surface area contributed by atoms with Crippen molar-refractivity contribution in [2.75, 3.05) is 16.9 Å². The van der Waals surface area contributed by atoms with Crippen LogP contribution in [0.5, 0.6) is 0 Å². The summed E-state index contributed by atoms with van der Waals surface area (Å²) in [5.41, 5.74) is 3.80. The number of hydrogen-bond acceptors (Lipinski definition) is 4. The second kappa shape index (κ2) is 6.09. The number of rotatable bonds is 3. The monoisotopic (exact) mass is 340 g/mol. The van der Waals surface area contributed by atoms with Crippen molar-refractivity contribution in [1.82, 2.24) is 9.97 Å². The smallest absolute Gasteiger partial charge is 0.151 e. The van der Waals surface area contributed by atoms with Crippen LogP contribution in [0.25, 0.3) is 11.1 Å². The molecule has 0 fully saturated rings. The first kappa shape index (κ1) is 14.9. The molecule has 0 aliphatic carbocycles. The van der Waals surface area contributed by atoms with E-state index in [0.29, 0.717) is 18.2 Å². The van der Waals surface area contributed by atoms with Gasteiger partial charge in [-0.3, -0.25) is 4.98 Å². The number of benzene rings is 1. The standard InChI is InChI=1S/C18H14ClFN4/c19-15-3-1-2-13(5-15)14-6-17-18(22-8-14)23-11-24(17)10-12-4-16(20)9-21-7-12/h1-9H,10-11H2,(H,22,23). The minimum absolute atomic E-state index is 0.328. The molecule has 1 aliphatic heterocycles. The average Bonchev–Trinajstić information content (AvgIpc) is 2.97. The van der Waals surface area contributed by atoms with E-state index in [1.54, 1.807) is 6.20 Å². The van der Waals surface area contributed by atoms with Gasteiger partial charge in [-0.15, -0.1) is 0 Å². The van der Waals surface area contributed by atoms with Gasteiger partial charge in [0.05, 0.1) is 18.6 Å². The van der Waals surface area contributed by atoms with Gasteiger partial charge in [0.15, 0.2) is 5.82 Å². The van der Waals surface area contributed by atoms with E-state index in [0.717, 1.165) is 28.2 Å². The van der Waals surface area contributed by atoms with E-state index in [2.05, 4.69) is 26.3 Å². The van der Waals surface area contributed by atoms with Gasteiger partial charge in [-0.2, -0.15) is 0 Å². The van der Waals surface area contributed by atoms with Gasteiger partial charge in [0.2, 0.25) is 0 Å². The molecule has 1 aromatic carbocycles. The van der Waals surface area contributed by atoms with Crippen LogP contribution in [0, 0.1) is 5.82 Å². The fraction of sp³-hybridized carbons (Fsp3) is 0.111. The molecule has 4 rings (SSSR count). The molecule has 0 radical (unpaired) electrons. The van der Waals surface area contributed by atoms with Crippen LogP contribution in [-0.2, 0) is 6.54 Å². The van der Waals surface area contributed by atoms with Crippen LogP contribution in [0.3, 0.4) is 0 Å². The summed E-state index contributed by atoms with van der Waals surface area (Å²) in [4.78, 5) is 10.5. The first-order valence-corrected chi connectivity index (χ1v) is 7.91. The number of fused-ring (bicyclic) bond motifs is 1. The van der Waals surface area contributed by atoms with Crippen molar-refractivity contribution in [2.24, 2.45) is 0 Å². The molecule has 0 atom stereocenters. The van der Waals surface area contributed by atoms with E-state index in [1.807, 2.05) is 30.5 Å². The predicted octanol–water partition coefficient (Wildman–Crippen LogP) is 4.33. The Hall–Kier alpha value is -2.66. The molecule has 1 aliphatic rings. The minimum atomic E-state index is -0.328. The van der Waals surface area contributed by atoms with Gasteiger partial charge in [0, 0.05) is 29.5 Å². The molecule has 3 aromatic rings. The molecule has 4 nitrogen and oxygen atoms in total. The summed E-state index contributed by atoms with van der Waals surface area (Å²) >= 11 is 6.08. The molecule has 0 unspecified atom stereocenters.